The highest BCUT2D eigenvalue weighted by Gasteiger charge is 2.12. The first-order valence-electron chi connectivity index (χ1n) is 8.09. The molecule has 0 saturated heterocycles. The van der Waals surface area contributed by atoms with Crippen LogP contribution >= 0.6 is 15.9 Å². The van der Waals surface area contributed by atoms with Crippen LogP contribution in [-0.4, -0.2) is 20.3 Å². The summed E-state index contributed by atoms with van der Waals surface area (Å²) in [6.07, 6.45) is 1.57. The van der Waals surface area contributed by atoms with Gasteiger partial charge < -0.3 is 14.8 Å². The molecule has 0 aliphatic heterocycles. The quantitative estimate of drug-likeness (QED) is 0.623. The van der Waals surface area contributed by atoms with Gasteiger partial charge in [0.25, 0.3) is 0 Å². The summed E-state index contributed by atoms with van der Waals surface area (Å²) >= 11 is 3.50. The van der Waals surface area contributed by atoms with Crippen LogP contribution in [0, 0.1) is 5.82 Å². The van der Waals surface area contributed by atoms with E-state index in [-0.39, 0.29) is 5.82 Å². The average molecular weight is 396 g/mol. The van der Waals surface area contributed by atoms with E-state index in [9.17, 15) is 4.39 Å². The maximum absolute atomic E-state index is 13.6. The Morgan fingerprint density at radius 1 is 1.17 bits per heavy atom. The smallest absolute Gasteiger partial charge is 0.165 e. The minimum absolute atomic E-state index is 0.157. The molecule has 0 atom stereocenters. The summed E-state index contributed by atoms with van der Waals surface area (Å²) in [6, 6.07) is 10.8. The Morgan fingerprint density at radius 2 is 1.96 bits per heavy atom. The average Bonchev–Trinajstić information content (AvgIpc) is 2.58. The van der Waals surface area contributed by atoms with Crippen molar-refractivity contribution in [2.45, 2.75) is 26.3 Å². The molecule has 0 bridgehead atoms. The van der Waals surface area contributed by atoms with Gasteiger partial charge in [0.05, 0.1) is 13.7 Å². The topological polar surface area (TPSA) is 30.5 Å². The van der Waals surface area contributed by atoms with Gasteiger partial charge >= 0.3 is 0 Å². The lowest BCUT2D eigenvalue weighted by atomic mass is 10.1. The van der Waals surface area contributed by atoms with Crippen molar-refractivity contribution in [2.75, 3.05) is 20.3 Å². The van der Waals surface area contributed by atoms with Crippen LogP contribution in [0.4, 0.5) is 4.39 Å². The molecule has 0 radical (unpaired) electrons. The summed E-state index contributed by atoms with van der Waals surface area (Å²) in [6.45, 7) is 4.02. The predicted molar refractivity (Wildman–Crippen MR) is 98.3 cm³/mol. The molecule has 0 aliphatic carbocycles. The van der Waals surface area contributed by atoms with Crippen LogP contribution in [0.5, 0.6) is 11.5 Å². The van der Waals surface area contributed by atoms with Gasteiger partial charge in [-0.05, 0) is 43.1 Å². The molecule has 0 spiro atoms. The predicted octanol–water partition coefficient (Wildman–Crippen LogP) is 4.72. The molecule has 0 unspecified atom stereocenters. The molecular formula is C19H23BrFNO2. The summed E-state index contributed by atoms with van der Waals surface area (Å²) < 4.78 is 25.8. The fourth-order valence-corrected chi connectivity index (χ4v) is 2.91. The van der Waals surface area contributed by atoms with Crippen LogP contribution in [0.3, 0.4) is 0 Å². The van der Waals surface area contributed by atoms with Crippen LogP contribution in [0.25, 0.3) is 0 Å². The van der Waals surface area contributed by atoms with Gasteiger partial charge in [-0.2, -0.15) is 0 Å². The maximum atomic E-state index is 13.6. The Morgan fingerprint density at radius 3 is 2.67 bits per heavy atom. The molecule has 0 amide bonds. The molecule has 1 N–H and O–H groups in total. The van der Waals surface area contributed by atoms with Gasteiger partial charge in [0.1, 0.15) is 5.82 Å². The molecule has 0 aromatic heterocycles. The lowest BCUT2D eigenvalue weighted by molar-refractivity contribution is 0.290. The highest BCUT2D eigenvalue weighted by molar-refractivity contribution is 9.10. The normalized spacial score (nSPS) is 10.7. The van der Waals surface area contributed by atoms with Crippen molar-refractivity contribution in [1.82, 2.24) is 5.32 Å². The van der Waals surface area contributed by atoms with Gasteiger partial charge in [-0.1, -0.05) is 41.1 Å². The largest absolute Gasteiger partial charge is 0.493 e. The van der Waals surface area contributed by atoms with Crippen molar-refractivity contribution in [3.8, 4) is 11.5 Å². The number of halogens is 2. The number of rotatable bonds is 9. The number of hydrogen-bond acceptors (Lipinski definition) is 3. The van der Waals surface area contributed by atoms with E-state index in [0.29, 0.717) is 31.9 Å². The Labute approximate surface area is 151 Å². The van der Waals surface area contributed by atoms with E-state index in [1.807, 2.05) is 24.3 Å². The van der Waals surface area contributed by atoms with Crippen LogP contribution < -0.4 is 14.8 Å². The second-order valence-electron chi connectivity index (χ2n) is 5.46. The van der Waals surface area contributed by atoms with E-state index in [1.165, 1.54) is 6.07 Å². The minimum Gasteiger partial charge on any atom is -0.493 e. The standard InChI is InChI=1S/C19H23BrFNO2/c1-3-10-24-19-15(11-16(20)12-18(19)23-2)13-22-9-8-14-6-4-5-7-17(14)21/h4-7,11-12,22H,3,8-10,13H2,1-2H3. The summed E-state index contributed by atoms with van der Waals surface area (Å²) in [5, 5.41) is 3.35. The van der Waals surface area contributed by atoms with E-state index in [2.05, 4.69) is 28.2 Å². The molecule has 2 rings (SSSR count). The monoisotopic (exact) mass is 395 g/mol. The summed E-state index contributed by atoms with van der Waals surface area (Å²) in [5.74, 6) is 1.32. The van der Waals surface area contributed by atoms with E-state index in [4.69, 9.17) is 9.47 Å². The third-order valence-corrected chi connectivity index (χ3v) is 4.07. The lowest BCUT2D eigenvalue weighted by Crippen LogP contribution is -2.18. The van der Waals surface area contributed by atoms with Gasteiger partial charge in [0, 0.05) is 16.6 Å². The van der Waals surface area contributed by atoms with Crippen LogP contribution in [0.1, 0.15) is 24.5 Å². The molecule has 0 saturated carbocycles. The molecule has 5 heteroatoms. The molecule has 2 aromatic rings. The molecule has 2 aromatic carbocycles. The zero-order valence-electron chi connectivity index (χ0n) is 14.1. The third-order valence-electron chi connectivity index (χ3n) is 3.61. The van der Waals surface area contributed by atoms with Crippen molar-refractivity contribution in [2.24, 2.45) is 0 Å². The summed E-state index contributed by atoms with van der Waals surface area (Å²) in [7, 11) is 1.63. The molecule has 130 valence electrons. The Hall–Kier alpha value is -1.59. The minimum atomic E-state index is -0.157. The van der Waals surface area contributed by atoms with Crippen LogP contribution in [0.2, 0.25) is 0 Å². The first-order valence-corrected chi connectivity index (χ1v) is 8.88. The molecule has 3 nitrogen and oxygen atoms in total. The van der Waals surface area contributed by atoms with E-state index >= 15 is 0 Å². The molecular weight excluding hydrogens is 373 g/mol. The number of benzene rings is 2. The van der Waals surface area contributed by atoms with Gasteiger partial charge in [0.2, 0.25) is 0 Å². The second kappa shape index (κ2) is 9.64. The summed E-state index contributed by atoms with van der Waals surface area (Å²) in [4.78, 5) is 0. The summed E-state index contributed by atoms with van der Waals surface area (Å²) in [5.41, 5.74) is 1.74. The SMILES string of the molecule is CCCOc1c(CNCCc2ccccc2F)cc(Br)cc1OC. The highest BCUT2D eigenvalue weighted by Crippen LogP contribution is 2.35. The van der Waals surface area contributed by atoms with Crippen molar-refractivity contribution >= 4 is 15.9 Å². The van der Waals surface area contributed by atoms with E-state index < -0.39 is 0 Å². The zero-order chi connectivity index (χ0) is 17.4. The maximum Gasteiger partial charge on any atom is 0.165 e. The van der Waals surface area contributed by atoms with Gasteiger partial charge in [-0.25, -0.2) is 4.39 Å². The number of methoxy groups -OCH3 is 1. The highest BCUT2D eigenvalue weighted by atomic mass is 79.9. The first kappa shape index (κ1) is 18.7. The van der Waals surface area contributed by atoms with E-state index in [0.717, 1.165) is 27.8 Å². The van der Waals surface area contributed by atoms with Crippen LogP contribution in [0.15, 0.2) is 40.9 Å². The fraction of sp³-hybridized carbons (Fsp3) is 0.368. The number of nitrogens with one attached hydrogen (secondary N) is 1. The van der Waals surface area contributed by atoms with Gasteiger partial charge in [0.15, 0.2) is 11.5 Å². The van der Waals surface area contributed by atoms with Crippen molar-refractivity contribution < 1.29 is 13.9 Å². The third kappa shape index (κ3) is 5.21. The Kier molecular flexibility index (Phi) is 7.53. The molecule has 0 heterocycles. The zero-order valence-corrected chi connectivity index (χ0v) is 15.7. The van der Waals surface area contributed by atoms with Crippen molar-refractivity contribution in [3.05, 3.63) is 57.8 Å². The second-order valence-corrected chi connectivity index (χ2v) is 6.38. The Balaban J connectivity index is 2.00. The number of hydrogen-bond donors (Lipinski definition) is 1. The Bertz CT molecular complexity index is 664. The fourth-order valence-electron chi connectivity index (χ4n) is 2.42. The molecule has 0 aliphatic rings. The van der Waals surface area contributed by atoms with E-state index in [1.54, 1.807) is 13.2 Å². The van der Waals surface area contributed by atoms with Crippen LogP contribution in [-0.2, 0) is 13.0 Å². The lowest BCUT2D eigenvalue weighted by Gasteiger charge is -2.16. The first-order chi connectivity index (χ1) is 11.7. The van der Waals surface area contributed by atoms with Crippen molar-refractivity contribution in [3.63, 3.8) is 0 Å². The van der Waals surface area contributed by atoms with Gasteiger partial charge in [-0.3, -0.25) is 0 Å². The molecule has 0 fully saturated rings. The molecule has 24 heavy (non-hydrogen) atoms. The van der Waals surface area contributed by atoms with Crippen molar-refractivity contribution in [1.29, 1.82) is 0 Å². The number of ether oxygens (including phenoxy) is 2. The van der Waals surface area contributed by atoms with Gasteiger partial charge in [-0.15, -0.1) is 0 Å².